The zero-order valence-corrected chi connectivity index (χ0v) is 17.9. The smallest absolute Gasteiger partial charge is 0.305 e. The molecule has 0 aliphatic rings. The zero-order chi connectivity index (χ0) is 20.5. The van der Waals surface area contributed by atoms with Crippen LogP contribution in [0.3, 0.4) is 0 Å². The molecule has 2 heterocycles. The largest absolute Gasteiger partial charge is 0.469 e. The first-order chi connectivity index (χ1) is 13.2. The topological polar surface area (TPSA) is 61.2 Å². The molecular weight excluding hydrogens is 372 g/mol. The van der Waals surface area contributed by atoms with E-state index in [1.807, 2.05) is 12.3 Å². The number of benzene rings is 1. The number of carbonyl (C=O) groups is 1. The number of nitrogens with zero attached hydrogens (tertiary/aromatic N) is 2. The van der Waals surface area contributed by atoms with Gasteiger partial charge in [-0.25, -0.2) is 4.98 Å². The molecule has 0 radical (unpaired) electrons. The molecule has 0 atom stereocenters. The van der Waals surface area contributed by atoms with Gasteiger partial charge in [0.15, 0.2) is 0 Å². The van der Waals surface area contributed by atoms with Crippen molar-refractivity contribution in [3.05, 3.63) is 51.4 Å². The second kappa shape index (κ2) is 7.87. The maximum atomic E-state index is 13.2. The minimum atomic E-state index is -0.269. The summed E-state index contributed by atoms with van der Waals surface area (Å²) in [5, 5.41) is 2.65. The van der Waals surface area contributed by atoms with Gasteiger partial charge in [-0.1, -0.05) is 45.0 Å². The zero-order valence-electron chi connectivity index (χ0n) is 17.0. The highest BCUT2D eigenvalue weighted by Gasteiger charge is 2.17. The number of carbonyl (C=O) groups excluding carboxylic acids is 1. The number of rotatable bonds is 5. The summed E-state index contributed by atoms with van der Waals surface area (Å²) in [5.41, 5.74) is 3.22. The highest BCUT2D eigenvalue weighted by atomic mass is 32.1. The summed E-state index contributed by atoms with van der Waals surface area (Å²) in [7, 11) is 1.37. The molecule has 6 heteroatoms. The molecule has 0 aliphatic carbocycles. The number of hydrogen-bond acceptors (Lipinski definition) is 5. The van der Waals surface area contributed by atoms with E-state index in [0.29, 0.717) is 24.2 Å². The van der Waals surface area contributed by atoms with Crippen molar-refractivity contribution in [2.75, 3.05) is 7.11 Å². The lowest BCUT2D eigenvalue weighted by molar-refractivity contribution is -0.140. The third-order valence-corrected chi connectivity index (χ3v) is 5.81. The van der Waals surface area contributed by atoms with E-state index in [4.69, 9.17) is 0 Å². The molecule has 148 valence electrons. The number of esters is 1. The molecule has 28 heavy (non-hydrogen) atoms. The Kier molecular flexibility index (Phi) is 5.70. The lowest BCUT2D eigenvalue weighted by Crippen LogP contribution is -2.24. The van der Waals surface area contributed by atoms with Gasteiger partial charge in [-0.05, 0) is 29.9 Å². The molecule has 0 fully saturated rings. The van der Waals surface area contributed by atoms with E-state index < -0.39 is 0 Å². The first kappa shape index (κ1) is 20.3. The monoisotopic (exact) mass is 398 g/mol. The van der Waals surface area contributed by atoms with E-state index >= 15 is 0 Å². The van der Waals surface area contributed by atoms with Crippen LogP contribution >= 0.6 is 11.3 Å². The van der Waals surface area contributed by atoms with Crippen LogP contribution in [0, 0.1) is 6.92 Å². The van der Waals surface area contributed by atoms with Crippen molar-refractivity contribution in [3.8, 4) is 11.1 Å². The quantitative estimate of drug-likeness (QED) is 0.585. The Balaban J connectivity index is 2.00. The van der Waals surface area contributed by atoms with Crippen LogP contribution in [-0.2, 0) is 21.5 Å². The molecule has 0 unspecified atom stereocenters. The summed E-state index contributed by atoms with van der Waals surface area (Å²) < 4.78 is 6.33. The predicted octanol–water partition coefficient (Wildman–Crippen LogP) is 4.68. The van der Waals surface area contributed by atoms with Gasteiger partial charge in [-0.3, -0.25) is 14.2 Å². The Bertz CT molecular complexity index is 1060. The fourth-order valence-electron chi connectivity index (χ4n) is 3.24. The van der Waals surface area contributed by atoms with Crippen LogP contribution in [0.25, 0.3) is 21.3 Å². The molecule has 2 aromatic heterocycles. The lowest BCUT2D eigenvalue weighted by Gasteiger charge is -2.19. The van der Waals surface area contributed by atoms with Crippen molar-refractivity contribution in [1.29, 1.82) is 0 Å². The maximum absolute atomic E-state index is 13.2. The first-order valence-electron chi connectivity index (χ1n) is 9.38. The number of fused-ring (bicyclic) bond motifs is 1. The number of hydrogen-bond donors (Lipinski definition) is 0. The number of thiophene rings is 1. The molecule has 0 aliphatic heterocycles. The van der Waals surface area contributed by atoms with Gasteiger partial charge in [0, 0.05) is 23.9 Å². The summed E-state index contributed by atoms with van der Waals surface area (Å²) in [6, 6.07) is 8.39. The second-order valence-corrected chi connectivity index (χ2v) is 8.81. The fraction of sp³-hybridized carbons (Fsp3) is 0.409. The van der Waals surface area contributed by atoms with Crippen LogP contribution in [0.4, 0.5) is 0 Å². The van der Waals surface area contributed by atoms with Gasteiger partial charge in [-0.15, -0.1) is 11.3 Å². The van der Waals surface area contributed by atoms with Crippen LogP contribution in [0.5, 0.6) is 0 Å². The average Bonchev–Trinajstić information content (AvgIpc) is 3.07. The lowest BCUT2D eigenvalue weighted by atomic mass is 9.86. The van der Waals surface area contributed by atoms with E-state index in [9.17, 15) is 9.59 Å². The summed E-state index contributed by atoms with van der Waals surface area (Å²) in [6.45, 7) is 8.82. The van der Waals surface area contributed by atoms with Crippen molar-refractivity contribution in [2.24, 2.45) is 0 Å². The molecule has 0 N–H and O–H groups in total. The summed E-state index contributed by atoms with van der Waals surface area (Å²) in [5.74, 6) is 0.397. The highest BCUT2D eigenvalue weighted by Crippen LogP contribution is 2.32. The molecule has 5 nitrogen and oxygen atoms in total. The fourth-order valence-corrected chi connectivity index (χ4v) is 4.22. The SMILES string of the molecule is COC(=O)CCCn1c(C)nc2scc(-c3ccc(C(C)(C)C)cc3)c2c1=O. The summed E-state index contributed by atoms with van der Waals surface area (Å²) in [6.07, 6.45) is 0.825. The van der Waals surface area contributed by atoms with E-state index in [1.165, 1.54) is 24.0 Å². The molecule has 0 amide bonds. The summed E-state index contributed by atoms with van der Waals surface area (Å²) >= 11 is 1.49. The van der Waals surface area contributed by atoms with E-state index in [1.54, 1.807) is 4.57 Å². The van der Waals surface area contributed by atoms with Crippen molar-refractivity contribution < 1.29 is 9.53 Å². The van der Waals surface area contributed by atoms with Crippen LogP contribution in [0.2, 0.25) is 0 Å². The van der Waals surface area contributed by atoms with Crippen molar-refractivity contribution in [3.63, 3.8) is 0 Å². The van der Waals surface area contributed by atoms with E-state index in [0.717, 1.165) is 16.0 Å². The Labute approximate surface area is 169 Å². The van der Waals surface area contributed by atoms with E-state index in [2.05, 4.69) is 54.8 Å². The van der Waals surface area contributed by atoms with Crippen LogP contribution in [0.15, 0.2) is 34.4 Å². The number of ether oxygens (including phenoxy) is 1. The van der Waals surface area contributed by atoms with E-state index in [-0.39, 0.29) is 23.4 Å². The average molecular weight is 399 g/mol. The third kappa shape index (κ3) is 4.02. The number of methoxy groups -OCH3 is 1. The van der Waals surface area contributed by atoms with Crippen molar-refractivity contribution >= 4 is 27.5 Å². The molecule has 1 aromatic carbocycles. The summed E-state index contributed by atoms with van der Waals surface area (Å²) in [4.78, 5) is 29.9. The predicted molar refractivity (Wildman–Crippen MR) is 114 cm³/mol. The maximum Gasteiger partial charge on any atom is 0.305 e. The normalized spacial score (nSPS) is 11.8. The minimum absolute atomic E-state index is 0.0523. The minimum Gasteiger partial charge on any atom is -0.469 e. The number of aryl methyl sites for hydroxylation is 1. The van der Waals surface area contributed by atoms with Crippen LogP contribution < -0.4 is 5.56 Å². The Morgan fingerprint density at radius 3 is 2.50 bits per heavy atom. The van der Waals surface area contributed by atoms with Crippen molar-refractivity contribution in [2.45, 2.75) is 52.5 Å². The van der Waals surface area contributed by atoms with Gasteiger partial charge in [0.05, 0.1) is 12.5 Å². The van der Waals surface area contributed by atoms with Gasteiger partial charge < -0.3 is 4.74 Å². The standard InChI is InChI=1S/C22H26N2O3S/c1-14-23-20-19(21(26)24(14)12-6-7-18(25)27-5)17(13-28-20)15-8-10-16(11-9-15)22(2,3)4/h8-11,13H,6-7,12H2,1-5H3. The molecule has 0 saturated heterocycles. The number of aromatic nitrogens is 2. The Morgan fingerprint density at radius 1 is 1.21 bits per heavy atom. The van der Waals surface area contributed by atoms with Crippen molar-refractivity contribution in [1.82, 2.24) is 9.55 Å². The van der Waals surface area contributed by atoms with Gasteiger partial charge in [-0.2, -0.15) is 0 Å². The van der Waals surface area contributed by atoms with Gasteiger partial charge in [0.25, 0.3) is 5.56 Å². The second-order valence-electron chi connectivity index (χ2n) is 7.95. The molecule has 0 spiro atoms. The van der Waals surface area contributed by atoms with Crippen LogP contribution in [0.1, 0.15) is 45.0 Å². The molecule has 3 aromatic rings. The highest BCUT2D eigenvalue weighted by molar-refractivity contribution is 7.17. The Morgan fingerprint density at radius 2 is 1.89 bits per heavy atom. The van der Waals surface area contributed by atoms with Gasteiger partial charge in [0.2, 0.25) is 0 Å². The molecule has 0 bridgehead atoms. The molecular formula is C22H26N2O3S. The van der Waals surface area contributed by atoms with Crippen LogP contribution in [-0.4, -0.2) is 22.6 Å². The van der Waals surface area contributed by atoms with Gasteiger partial charge >= 0.3 is 5.97 Å². The van der Waals surface area contributed by atoms with Gasteiger partial charge in [0.1, 0.15) is 10.7 Å². The third-order valence-electron chi connectivity index (χ3n) is 4.94. The first-order valence-corrected chi connectivity index (χ1v) is 10.3. The Hall–Kier alpha value is -2.47. The molecule has 0 saturated carbocycles. The molecule has 3 rings (SSSR count).